The number of pyridine rings is 1. The third-order valence-electron chi connectivity index (χ3n) is 6.02. The van der Waals surface area contributed by atoms with E-state index in [1.165, 1.54) is 11.3 Å². The third kappa shape index (κ3) is 4.36. The van der Waals surface area contributed by atoms with Crippen LogP contribution in [0.25, 0.3) is 5.65 Å². The number of imidazole rings is 1. The van der Waals surface area contributed by atoms with E-state index in [2.05, 4.69) is 45.0 Å². The molecule has 0 atom stereocenters. The summed E-state index contributed by atoms with van der Waals surface area (Å²) in [5.41, 5.74) is 3.62. The van der Waals surface area contributed by atoms with E-state index in [9.17, 15) is 4.79 Å². The van der Waals surface area contributed by atoms with Crippen molar-refractivity contribution in [2.45, 2.75) is 45.1 Å². The van der Waals surface area contributed by atoms with Crippen LogP contribution in [-0.2, 0) is 6.54 Å². The van der Waals surface area contributed by atoms with E-state index in [4.69, 9.17) is 0 Å². The number of likely N-dealkylation sites (tertiary alicyclic amines) is 1. The first-order valence-electron chi connectivity index (χ1n) is 10.9. The van der Waals surface area contributed by atoms with Crippen molar-refractivity contribution in [2.24, 2.45) is 0 Å². The smallest absolute Gasteiger partial charge is 0.276 e. The highest BCUT2D eigenvalue weighted by Gasteiger charge is 2.25. The molecule has 0 aliphatic carbocycles. The average Bonchev–Trinajstić information content (AvgIpc) is 3.22. The van der Waals surface area contributed by atoms with Gasteiger partial charge in [-0.15, -0.1) is 0 Å². The number of unbranched alkanes of at least 4 members (excludes halogenated alkanes) is 1. The number of rotatable bonds is 7. The molecule has 30 heavy (non-hydrogen) atoms. The van der Waals surface area contributed by atoms with Gasteiger partial charge in [-0.1, -0.05) is 13.3 Å². The Hall–Kier alpha value is -2.80. The standard InChI is InChI=1S/C23H30N6O/c1-3-4-13-27(2)23(30)21-22-25-12-7-20(29(22)17-26-21)19-8-14-28(15-9-19)16-18-5-10-24-11-6-18/h5-7,10-12,17,19H,3-4,8-9,13-16H2,1-2H3. The van der Waals surface area contributed by atoms with Crippen molar-refractivity contribution >= 4 is 11.6 Å². The lowest BCUT2D eigenvalue weighted by Gasteiger charge is -2.32. The van der Waals surface area contributed by atoms with Gasteiger partial charge < -0.3 is 4.90 Å². The second-order valence-electron chi connectivity index (χ2n) is 8.14. The maximum atomic E-state index is 12.8. The van der Waals surface area contributed by atoms with Crippen molar-refractivity contribution < 1.29 is 4.79 Å². The molecule has 0 spiro atoms. The van der Waals surface area contributed by atoms with Crippen molar-refractivity contribution in [3.63, 3.8) is 0 Å². The fourth-order valence-electron chi connectivity index (χ4n) is 4.21. The summed E-state index contributed by atoms with van der Waals surface area (Å²) in [5.74, 6) is 0.391. The second kappa shape index (κ2) is 9.34. The summed E-state index contributed by atoms with van der Waals surface area (Å²) in [4.78, 5) is 30.1. The minimum atomic E-state index is -0.0530. The normalized spacial score (nSPS) is 15.5. The molecule has 1 saturated heterocycles. The minimum absolute atomic E-state index is 0.0530. The van der Waals surface area contributed by atoms with Crippen LogP contribution in [0.5, 0.6) is 0 Å². The topological polar surface area (TPSA) is 66.6 Å². The van der Waals surface area contributed by atoms with Crippen LogP contribution in [0.3, 0.4) is 0 Å². The van der Waals surface area contributed by atoms with E-state index in [1.54, 1.807) is 11.2 Å². The van der Waals surface area contributed by atoms with E-state index >= 15 is 0 Å². The van der Waals surface area contributed by atoms with Gasteiger partial charge in [0.25, 0.3) is 5.91 Å². The summed E-state index contributed by atoms with van der Waals surface area (Å²) in [7, 11) is 1.84. The lowest BCUT2D eigenvalue weighted by Crippen LogP contribution is -2.33. The number of amides is 1. The number of piperidine rings is 1. The van der Waals surface area contributed by atoms with Gasteiger partial charge in [-0.05, 0) is 56.1 Å². The summed E-state index contributed by atoms with van der Waals surface area (Å²) < 4.78 is 2.02. The highest BCUT2D eigenvalue weighted by Crippen LogP contribution is 2.29. The Labute approximate surface area is 177 Å². The van der Waals surface area contributed by atoms with Crippen molar-refractivity contribution in [1.29, 1.82) is 0 Å². The van der Waals surface area contributed by atoms with Gasteiger partial charge in [-0.2, -0.15) is 0 Å². The van der Waals surface area contributed by atoms with E-state index in [1.807, 2.05) is 30.0 Å². The number of carbonyl (C=O) groups excluding carboxylic acids is 1. The summed E-state index contributed by atoms with van der Waals surface area (Å²) in [6, 6.07) is 6.24. The molecule has 4 rings (SSSR count). The van der Waals surface area contributed by atoms with Crippen LogP contribution in [0.4, 0.5) is 0 Å². The molecular formula is C23H30N6O. The summed E-state index contributed by atoms with van der Waals surface area (Å²) in [6.45, 7) is 5.94. The molecule has 0 unspecified atom stereocenters. The van der Waals surface area contributed by atoms with E-state index < -0.39 is 0 Å². The van der Waals surface area contributed by atoms with Crippen molar-refractivity contribution in [1.82, 2.24) is 29.2 Å². The van der Waals surface area contributed by atoms with Gasteiger partial charge >= 0.3 is 0 Å². The second-order valence-corrected chi connectivity index (χ2v) is 8.14. The van der Waals surface area contributed by atoms with Gasteiger partial charge in [-0.25, -0.2) is 9.97 Å². The summed E-state index contributed by atoms with van der Waals surface area (Å²) in [5, 5.41) is 0. The highest BCUT2D eigenvalue weighted by molar-refractivity contribution is 5.97. The third-order valence-corrected chi connectivity index (χ3v) is 6.02. The van der Waals surface area contributed by atoms with Crippen molar-refractivity contribution in [3.05, 3.63) is 60.1 Å². The first-order valence-corrected chi connectivity index (χ1v) is 10.9. The molecular weight excluding hydrogens is 376 g/mol. The van der Waals surface area contributed by atoms with Crippen molar-refractivity contribution in [2.75, 3.05) is 26.7 Å². The molecule has 0 saturated carbocycles. The zero-order valence-electron chi connectivity index (χ0n) is 17.9. The number of hydrogen-bond acceptors (Lipinski definition) is 5. The van der Waals surface area contributed by atoms with Gasteiger partial charge in [0, 0.05) is 50.3 Å². The quantitative estimate of drug-likeness (QED) is 0.602. The van der Waals surface area contributed by atoms with Gasteiger partial charge in [0.1, 0.15) is 6.33 Å². The maximum Gasteiger partial charge on any atom is 0.276 e. The molecule has 1 fully saturated rings. The van der Waals surface area contributed by atoms with Gasteiger partial charge in [0.2, 0.25) is 0 Å². The van der Waals surface area contributed by atoms with Crippen LogP contribution in [0.15, 0.2) is 43.1 Å². The van der Waals surface area contributed by atoms with E-state index in [0.29, 0.717) is 17.3 Å². The Morgan fingerprint density at radius 3 is 2.63 bits per heavy atom. The predicted molar refractivity (Wildman–Crippen MR) is 116 cm³/mol. The molecule has 0 bridgehead atoms. The van der Waals surface area contributed by atoms with Crippen LogP contribution in [0.1, 0.15) is 60.3 Å². The van der Waals surface area contributed by atoms with Crippen LogP contribution in [-0.4, -0.2) is 61.7 Å². The number of fused-ring (bicyclic) bond motifs is 1. The van der Waals surface area contributed by atoms with Gasteiger partial charge in [0.05, 0.1) is 0 Å². The molecule has 4 heterocycles. The molecule has 1 aliphatic rings. The monoisotopic (exact) mass is 406 g/mol. The van der Waals surface area contributed by atoms with Crippen LogP contribution in [0, 0.1) is 0 Å². The van der Waals surface area contributed by atoms with Gasteiger partial charge in [-0.3, -0.25) is 19.1 Å². The summed E-state index contributed by atoms with van der Waals surface area (Å²) >= 11 is 0. The van der Waals surface area contributed by atoms with E-state index in [0.717, 1.165) is 51.9 Å². The zero-order valence-corrected chi connectivity index (χ0v) is 17.9. The molecule has 0 aromatic carbocycles. The molecule has 0 radical (unpaired) electrons. The Bertz CT molecular complexity index is 978. The molecule has 1 amide bonds. The Kier molecular flexibility index (Phi) is 6.38. The average molecular weight is 407 g/mol. The maximum absolute atomic E-state index is 12.8. The van der Waals surface area contributed by atoms with Crippen LogP contribution >= 0.6 is 0 Å². The number of nitrogens with zero attached hydrogens (tertiary/aromatic N) is 6. The lowest BCUT2D eigenvalue weighted by molar-refractivity contribution is 0.0790. The van der Waals surface area contributed by atoms with Crippen molar-refractivity contribution in [3.8, 4) is 0 Å². The molecule has 158 valence electrons. The first kappa shape index (κ1) is 20.5. The lowest BCUT2D eigenvalue weighted by atomic mass is 9.93. The predicted octanol–water partition coefficient (Wildman–Crippen LogP) is 3.38. The molecule has 7 nitrogen and oxygen atoms in total. The highest BCUT2D eigenvalue weighted by atomic mass is 16.2. The zero-order chi connectivity index (χ0) is 20.9. The fourth-order valence-corrected chi connectivity index (χ4v) is 4.21. The molecule has 0 N–H and O–H groups in total. The minimum Gasteiger partial charge on any atom is -0.340 e. The largest absolute Gasteiger partial charge is 0.340 e. The van der Waals surface area contributed by atoms with Gasteiger partial charge in [0.15, 0.2) is 11.3 Å². The van der Waals surface area contributed by atoms with E-state index in [-0.39, 0.29) is 5.91 Å². The molecule has 7 heteroatoms. The Morgan fingerprint density at radius 1 is 1.13 bits per heavy atom. The van der Waals surface area contributed by atoms with Crippen LogP contribution in [0.2, 0.25) is 0 Å². The molecule has 3 aromatic heterocycles. The SMILES string of the molecule is CCCCN(C)C(=O)c1ncn2c(C3CCN(Cc4ccncc4)CC3)ccnc12. The Balaban J connectivity index is 1.46. The number of hydrogen-bond donors (Lipinski definition) is 0. The Morgan fingerprint density at radius 2 is 1.90 bits per heavy atom. The number of carbonyl (C=O) groups is 1. The first-order chi connectivity index (χ1) is 14.7. The molecule has 1 aliphatic heterocycles. The number of aromatic nitrogens is 4. The fraction of sp³-hybridized carbons (Fsp3) is 0.478. The van der Waals surface area contributed by atoms with Crippen LogP contribution < -0.4 is 0 Å². The summed E-state index contributed by atoms with van der Waals surface area (Å²) in [6.07, 6.45) is 11.5. The molecule has 3 aromatic rings.